The van der Waals surface area contributed by atoms with Gasteiger partial charge in [-0.05, 0) is 25.1 Å². The molecule has 0 aliphatic carbocycles. The van der Waals surface area contributed by atoms with Gasteiger partial charge in [-0.25, -0.2) is 4.39 Å². The molecule has 0 aliphatic heterocycles. The maximum absolute atomic E-state index is 13.7. The van der Waals surface area contributed by atoms with E-state index in [1.54, 1.807) is 32.4 Å². The average molecular weight is 459 g/mol. The monoisotopic (exact) mass is 459 g/mol. The Hall–Kier alpha value is -2.03. The van der Waals surface area contributed by atoms with Gasteiger partial charge in [-0.3, -0.25) is 4.99 Å². The van der Waals surface area contributed by atoms with Gasteiger partial charge in [0.25, 0.3) is 0 Å². The summed E-state index contributed by atoms with van der Waals surface area (Å²) in [5.41, 5.74) is 1.37. The minimum Gasteiger partial charge on any atom is -0.493 e. The number of nitrogens with zero attached hydrogens (tertiary/aromatic N) is 1. The van der Waals surface area contributed by atoms with E-state index in [1.807, 2.05) is 25.1 Å². The Morgan fingerprint density at radius 1 is 1.16 bits per heavy atom. The molecule has 0 fully saturated rings. The standard InChI is InChI=1S/C18H22FN3O2.HI/c1-4-24-17-11-14(9-10-16(17)23-3)22-18(20-2)21-12-13-7-5-6-8-15(13)19;/h5-11H,4,12H2,1-3H3,(H2,20,21,22);1H. The summed E-state index contributed by atoms with van der Waals surface area (Å²) < 4.78 is 24.5. The van der Waals surface area contributed by atoms with Crippen LogP contribution in [0.25, 0.3) is 0 Å². The second-order valence-corrected chi connectivity index (χ2v) is 4.94. The summed E-state index contributed by atoms with van der Waals surface area (Å²) in [5, 5.41) is 6.23. The van der Waals surface area contributed by atoms with Crippen LogP contribution in [0.15, 0.2) is 47.5 Å². The van der Waals surface area contributed by atoms with E-state index in [0.717, 1.165) is 5.69 Å². The van der Waals surface area contributed by atoms with Gasteiger partial charge in [0.2, 0.25) is 0 Å². The van der Waals surface area contributed by atoms with Crippen molar-refractivity contribution in [3.8, 4) is 11.5 Å². The zero-order valence-corrected chi connectivity index (χ0v) is 16.8. The first kappa shape index (κ1) is 21.0. The van der Waals surface area contributed by atoms with Crippen molar-refractivity contribution in [2.24, 2.45) is 4.99 Å². The fraction of sp³-hybridized carbons (Fsp3) is 0.278. The van der Waals surface area contributed by atoms with Crippen LogP contribution in [0.1, 0.15) is 12.5 Å². The summed E-state index contributed by atoms with van der Waals surface area (Å²) in [5.74, 6) is 1.60. The van der Waals surface area contributed by atoms with E-state index in [1.165, 1.54) is 6.07 Å². The highest BCUT2D eigenvalue weighted by molar-refractivity contribution is 14.0. The lowest BCUT2D eigenvalue weighted by molar-refractivity contribution is 0.311. The first-order valence-electron chi connectivity index (χ1n) is 7.69. The quantitative estimate of drug-likeness (QED) is 0.389. The van der Waals surface area contributed by atoms with Gasteiger partial charge in [0.15, 0.2) is 17.5 Å². The minimum absolute atomic E-state index is 0. The van der Waals surface area contributed by atoms with Crippen LogP contribution < -0.4 is 20.1 Å². The van der Waals surface area contributed by atoms with Crippen molar-refractivity contribution >= 4 is 35.6 Å². The van der Waals surface area contributed by atoms with Crippen molar-refractivity contribution < 1.29 is 13.9 Å². The topological polar surface area (TPSA) is 54.9 Å². The molecular weight excluding hydrogens is 436 g/mol. The number of halogens is 2. The molecule has 0 radical (unpaired) electrons. The number of methoxy groups -OCH3 is 1. The first-order valence-corrected chi connectivity index (χ1v) is 7.69. The van der Waals surface area contributed by atoms with E-state index < -0.39 is 0 Å². The number of hydrogen-bond donors (Lipinski definition) is 2. The molecule has 25 heavy (non-hydrogen) atoms. The van der Waals surface area contributed by atoms with Crippen LogP contribution in [0.5, 0.6) is 11.5 Å². The number of anilines is 1. The SMILES string of the molecule is CCOc1cc(NC(=NC)NCc2ccccc2F)ccc1OC.I. The lowest BCUT2D eigenvalue weighted by Crippen LogP contribution is -2.30. The van der Waals surface area contributed by atoms with Gasteiger partial charge in [-0.1, -0.05) is 18.2 Å². The van der Waals surface area contributed by atoms with Gasteiger partial charge in [-0.2, -0.15) is 0 Å². The van der Waals surface area contributed by atoms with Crippen molar-refractivity contribution in [3.05, 3.63) is 53.8 Å². The van der Waals surface area contributed by atoms with Gasteiger partial charge >= 0.3 is 0 Å². The van der Waals surface area contributed by atoms with E-state index in [0.29, 0.717) is 36.2 Å². The molecule has 5 nitrogen and oxygen atoms in total. The van der Waals surface area contributed by atoms with Gasteiger partial charge in [0.1, 0.15) is 5.82 Å². The van der Waals surface area contributed by atoms with Gasteiger partial charge in [0.05, 0.1) is 13.7 Å². The minimum atomic E-state index is -0.247. The molecule has 136 valence electrons. The normalized spacial score (nSPS) is 10.6. The number of rotatable bonds is 6. The molecule has 0 atom stereocenters. The van der Waals surface area contributed by atoms with E-state index >= 15 is 0 Å². The molecule has 0 heterocycles. The first-order chi connectivity index (χ1) is 11.7. The smallest absolute Gasteiger partial charge is 0.195 e. The molecule has 0 saturated heterocycles. The van der Waals surface area contributed by atoms with Crippen molar-refractivity contribution in [1.29, 1.82) is 0 Å². The molecule has 2 rings (SSSR count). The second kappa shape index (κ2) is 10.8. The predicted molar refractivity (Wildman–Crippen MR) is 110 cm³/mol. The van der Waals surface area contributed by atoms with Crippen molar-refractivity contribution in [3.63, 3.8) is 0 Å². The number of benzene rings is 2. The lowest BCUT2D eigenvalue weighted by atomic mass is 10.2. The molecule has 0 saturated carbocycles. The molecule has 0 bridgehead atoms. The number of hydrogen-bond acceptors (Lipinski definition) is 3. The van der Waals surface area contributed by atoms with Crippen LogP contribution >= 0.6 is 24.0 Å². The van der Waals surface area contributed by atoms with Crippen molar-refractivity contribution in [2.75, 3.05) is 26.1 Å². The van der Waals surface area contributed by atoms with Crippen molar-refractivity contribution in [2.45, 2.75) is 13.5 Å². The molecule has 0 aliphatic rings. The Morgan fingerprint density at radius 2 is 1.92 bits per heavy atom. The van der Waals surface area contributed by atoms with E-state index in [-0.39, 0.29) is 29.8 Å². The molecular formula is C18H23FIN3O2. The van der Waals surface area contributed by atoms with Crippen LogP contribution in [-0.2, 0) is 6.54 Å². The Kier molecular flexibility index (Phi) is 9.04. The highest BCUT2D eigenvalue weighted by atomic mass is 127. The summed E-state index contributed by atoms with van der Waals surface area (Å²) in [6.07, 6.45) is 0. The highest BCUT2D eigenvalue weighted by Gasteiger charge is 2.07. The second-order valence-electron chi connectivity index (χ2n) is 4.94. The Labute approximate surface area is 164 Å². The summed E-state index contributed by atoms with van der Waals surface area (Å²) in [7, 11) is 3.25. The summed E-state index contributed by atoms with van der Waals surface area (Å²) in [6.45, 7) is 2.79. The third-order valence-electron chi connectivity index (χ3n) is 3.35. The number of guanidine groups is 1. The third-order valence-corrected chi connectivity index (χ3v) is 3.35. The van der Waals surface area contributed by atoms with Gasteiger partial charge in [0, 0.05) is 30.9 Å². The van der Waals surface area contributed by atoms with Crippen LogP contribution in [-0.4, -0.2) is 26.7 Å². The van der Waals surface area contributed by atoms with E-state index in [9.17, 15) is 4.39 Å². The Balaban J connectivity index is 0.00000312. The van der Waals surface area contributed by atoms with Gasteiger partial charge in [-0.15, -0.1) is 24.0 Å². The van der Waals surface area contributed by atoms with Crippen LogP contribution in [0.4, 0.5) is 10.1 Å². The fourth-order valence-corrected chi connectivity index (χ4v) is 2.16. The molecule has 2 N–H and O–H groups in total. The average Bonchev–Trinajstić information content (AvgIpc) is 2.60. The summed E-state index contributed by atoms with van der Waals surface area (Å²) in [6, 6.07) is 12.1. The van der Waals surface area contributed by atoms with Crippen LogP contribution in [0, 0.1) is 5.82 Å². The number of ether oxygens (including phenoxy) is 2. The maximum Gasteiger partial charge on any atom is 0.195 e. The number of nitrogens with one attached hydrogen (secondary N) is 2. The molecule has 0 spiro atoms. The molecule has 0 aromatic heterocycles. The molecule has 0 amide bonds. The molecule has 0 unspecified atom stereocenters. The zero-order valence-electron chi connectivity index (χ0n) is 14.5. The number of aliphatic imine (C=N–C) groups is 1. The molecule has 2 aromatic rings. The highest BCUT2D eigenvalue weighted by Crippen LogP contribution is 2.30. The van der Waals surface area contributed by atoms with E-state index in [2.05, 4.69) is 15.6 Å². The Bertz CT molecular complexity index is 710. The zero-order chi connectivity index (χ0) is 17.4. The third kappa shape index (κ3) is 6.08. The lowest BCUT2D eigenvalue weighted by Gasteiger charge is -2.15. The van der Waals surface area contributed by atoms with Crippen LogP contribution in [0.2, 0.25) is 0 Å². The largest absolute Gasteiger partial charge is 0.493 e. The Morgan fingerprint density at radius 3 is 2.56 bits per heavy atom. The van der Waals surface area contributed by atoms with Crippen molar-refractivity contribution in [1.82, 2.24) is 5.32 Å². The predicted octanol–water partition coefficient (Wildman–Crippen LogP) is 4.04. The molecule has 2 aromatic carbocycles. The van der Waals surface area contributed by atoms with E-state index in [4.69, 9.17) is 9.47 Å². The summed E-state index contributed by atoms with van der Waals surface area (Å²) >= 11 is 0. The van der Waals surface area contributed by atoms with Crippen LogP contribution in [0.3, 0.4) is 0 Å². The molecule has 7 heteroatoms. The fourth-order valence-electron chi connectivity index (χ4n) is 2.16. The van der Waals surface area contributed by atoms with Gasteiger partial charge < -0.3 is 20.1 Å². The summed E-state index contributed by atoms with van der Waals surface area (Å²) in [4.78, 5) is 4.15. The maximum atomic E-state index is 13.7.